The summed E-state index contributed by atoms with van der Waals surface area (Å²) in [6, 6.07) is 0. The molecule has 1 heterocycles. The number of amides is 2. The molecule has 2 aliphatic rings. The van der Waals surface area contributed by atoms with Crippen LogP contribution in [0.2, 0.25) is 0 Å². The SMILES string of the molecule is CCC1CCC(CNC(=O)C2=CC(Cl)C(=O)N=C2)CC1. The minimum atomic E-state index is -0.819. The van der Waals surface area contributed by atoms with E-state index in [-0.39, 0.29) is 5.91 Å². The van der Waals surface area contributed by atoms with E-state index in [0.29, 0.717) is 18.0 Å². The van der Waals surface area contributed by atoms with E-state index in [1.165, 1.54) is 44.4 Å². The van der Waals surface area contributed by atoms with Crippen LogP contribution in [0.4, 0.5) is 0 Å². The van der Waals surface area contributed by atoms with Crippen LogP contribution in [0.1, 0.15) is 39.0 Å². The molecule has 0 aromatic carbocycles. The molecule has 1 N–H and O–H groups in total. The van der Waals surface area contributed by atoms with Crippen molar-refractivity contribution in [3.63, 3.8) is 0 Å². The lowest BCUT2D eigenvalue weighted by Crippen LogP contribution is -2.33. The summed E-state index contributed by atoms with van der Waals surface area (Å²) in [5, 5.41) is 2.10. The van der Waals surface area contributed by atoms with Gasteiger partial charge in [-0.3, -0.25) is 9.59 Å². The summed E-state index contributed by atoms with van der Waals surface area (Å²) in [6.45, 7) is 2.94. The first-order chi connectivity index (χ1) is 9.60. The molecule has 5 heteroatoms. The van der Waals surface area contributed by atoms with E-state index >= 15 is 0 Å². The van der Waals surface area contributed by atoms with Crippen molar-refractivity contribution < 1.29 is 9.59 Å². The van der Waals surface area contributed by atoms with Gasteiger partial charge in [0.2, 0.25) is 0 Å². The van der Waals surface area contributed by atoms with Gasteiger partial charge < -0.3 is 5.32 Å². The molecule has 0 radical (unpaired) electrons. The molecule has 1 atom stereocenters. The van der Waals surface area contributed by atoms with Crippen molar-refractivity contribution in [1.29, 1.82) is 0 Å². The first kappa shape index (κ1) is 15.2. The summed E-state index contributed by atoms with van der Waals surface area (Å²) in [4.78, 5) is 26.7. The fraction of sp³-hybridized carbons (Fsp3) is 0.667. The Balaban J connectivity index is 1.77. The lowest BCUT2D eigenvalue weighted by Gasteiger charge is -2.27. The van der Waals surface area contributed by atoms with Crippen LogP contribution in [0.15, 0.2) is 16.6 Å². The Morgan fingerprint density at radius 2 is 2.00 bits per heavy atom. The molecule has 4 nitrogen and oxygen atoms in total. The van der Waals surface area contributed by atoms with E-state index in [1.807, 2.05) is 0 Å². The molecule has 1 aliphatic heterocycles. The average molecular weight is 297 g/mol. The Hall–Kier alpha value is -1.16. The summed E-state index contributed by atoms with van der Waals surface area (Å²) in [7, 11) is 0. The molecular weight excluding hydrogens is 276 g/mol. The zero-order chi connectivity index (χ0) is 14.5. The molecule has 0 aromatic rings. The maximum atomic E-state index is 12.0. The number of dihydropyridines is 1. The summed E-state index contributed by atoms with van der Waals surface area (Å²) in [6.07, 6.45) is 8.91. The zero-order valence-electron chi connectivity index (χ0n) is 11.8. The quantitative estimate of drug-likeness (QED) is 0.810. The van der Waals surface area contributed by atoms with Crippen LogP contribution in [-0.2, 0) is 9.59 Å². The van der Waals surface area contributed by atoms with E-state index in [9.17, 15) is 9.59 Å². The number of aliphatic imine (C=N–C) groups is 1. The Kier molecular flexibility index (Phi) is 5.35. The first-order valence-electron chi connectivity index (χ1n) is 7.32. The Bertz CT molecular complexity index is 437. The average Bonchev–Trinajstić information content (AvgIpc) is 2.48. The van der Waals surface area contributed by atoms with E-state index in [4.69, 9.17) is 11.6 Å². The minimum Gasteiger partial charge on any atom is -0.352 e. The van der Waals surface area contributed by atoms with Crippen LogP contribution >= 0.6 is 11.6 Å². The van der Waals surface area contributed by atoms with E-state index in [0.717, 1.165) is 5.92 Å². The van der Waals surface area contributed by atoms with Crippen molar-refractivity contribution in [2.45, 2.75) is 44.4 Å². The van der Waals surface area contributed by atoms with Gasteiger partial charge in [-0.25, -0.2) is 4.99 Å². The number of hydrogen-bond donors (Lipinski definition) is 1. The number of hydrogen-bond acceptors (Lipinski definition) is 2. The van der Waals surface area contributed by atoms with Gasteiger partial charge in [0, 0.05) is 12.8 Å². The van der Waals surface area contributed by atoms with Gasteiger partial charge in [0.15, 0.2) is 0 Å². The monoisotopic (exact) mass is 296 g/mol. The summed E-state index contributed by atoms with van der Waals surface area (Å²) in [5.74, 6) is 0.820. The van der Waals surface area contributed by atoms with Gasteiger partial charge in [-0.1, -0.05) is 26.2 Å². The van der Waals surface area contributed by atoms with Gasteiger partial charge in [-0.15, -0.1) is 11.6 Å². The van der Waals surface area contributed by atoms with E-state index in [1.54, 1.807) is 0 Å². The smallest absolute Gasteiger partial charge is 0.267 e. The molecule has 1 fully saturated rings. The fourth-order valence-corrected chi connectivity index (χ4v) is 2.99. The molecule has 20 heavy (non-hydrogen) atoms. The molecule has 0 aromatic heterocycles. The number of halogens is 1. The minimum absolute atomic E-state index is 0.190. The number of rotatable bonds is 4. The second-order valence-electron chi connectivity index (χ2n) is 5.63. The predicted octanol–water partition coefficient (Wildman–Crippen LogP) is 2.46. The van der Waals surface area contributed by atoms with E-state index in [2.05, 4.69) is 17.2 Å². The fourth-order valence-electron chi connectivity index (χ4n) is 2.79. The molecule has 0 spiro atoms. The van der Waals surface area contributed by atoms with Crippen molar-refractivity contribution in [3.8, 4) is 0 Å². The molecule has 0 saturated heterocycles. The third-order valence-corrected chi connectivity index (χ3v) is 4.56. The van der Waals surface area contributed by atoms with Gasteiger partial charge in [-0.2, -0.15) is 0 Å². The Morgan fingerprint density at radius 3 is 2.60 bits per heavy atom. The topological polar surface area (TPSA) is 58.5 Å². The summed E-state index contributed by atoms with van der Waals surface area (Å²) >= 11 is 5.77. The van der Waals surface area contributed by atoms with Gasteiger partial charge in [0.1, 0.15) is 5.38 Å². The van der Waals surface area contributed by atoms with Crippen molar-refractivity contribution in [2.75, 3.05) is 6.54 Å². The maximum absolute atomic E-state index is 12.0. The van der Waals surface area contributed by atoms with Crippen molar-refractivity contribution >= 4 is 29.6 Å². The highest BCUT2D eigenvalue weighted by atomic mass is 35.5. The summed E-state index contributed by atoms with van der Waals surface area (Å²) < 4.78 is 0. The highest BCUT2D eigenvalue weighted by Gasteiger charge is 2.22. The standard InChI is InChI=1S/C15H21ClN2O2/c1-2-10-3-5-11(6-4-10)8-17-14(19)12-7-13(16)15(20)18-9-12/h7,9-11,13H,2-6,8H2,1H3,(H,17,19). The van der Waals surface area contributed by atoms with Crippen LogP contribution in [0.3, 0.4) is 0 Å². The van der Waals surface area contributed by atoms with Crippen molar-refractivity contribution in [3.05, 3.63) is 11.6 Å². The largest absolute Gasteiger partial charge is 0.352 e. The molecule has 1 aliphatic carbocycles. The maximum Gasteiger partial charge on any atom is 0.267 e. The Morgan fingerprint density at radius 1 is 1.35 bits per heavy atom. The molecule has 1 unspecified atom stereocenters. The van der Waals surface area contributed by atoms with E-state index < -0.39 is 11.3 Å². The summed E-state index contributed by atoms with van der Waals surface area (Å²) in [5.41, 5.74) is 0.381. The third-order valence-electron chi connectivity index (χ3n) is 4.25. The van der Waals surface area contributed by atoms with Crippen LogP contribution in [0, 0.1) is 11.8 Å². The lowest BCUT2D eigenvalue weighted by atomic mass is 9.81. The Labute approximate surface area is 124 Å². The van der Waals surface area contributed by atoms with Crippen LogP contribution in [-0.4, -0.2) is 30.0 Å². The van der Waals surface area contributed by atoms with Crippen molar-refractivity contribution in [2.24, 2.45) is 16.8 Å². The highest BCUT2D eigenvalue weighted by molar-refractivity contribution is 6.35. The van der Waals surface area contributed by atoms with Gasteiger partial charge in [0.25, 0.3) is 11.8 Å². The normalized spacial score (nSPS) is 30.0. The second kappa shape index (κ2) is 7.02. The molecule has 2 amide bonds. The number of alkyl halides is 1. The number of nitrogens with zero attached hydrogens (tertiary/aromatic N) is 1. The predicted molar refractivity (Wildman–Crippen MR) is 80.0 cm³/mol. The number of nitrogens with one attached hydrogen (secondary N) is 1. The highest BCUT2D eigenvalue weighted by Crippen LogP contribution is 2.30. The first-order valence-corrected chi connectivity index (χ1v) is 7.75. The van der Waals surface area contributed by atoms with Crippen molar-refractivity contribution in [1.82, 2.24) is 5.32 Å². The molecule has 0 bridgehead atoms. The van der Waals surface area contributed by atoms with Gasteiger partial charge in [0.05, 0.1) is 5.57 Å². The van der Waals surface area contributed by atoms with Gasteiger partial charge in [-0.05, 0) is 30.8 Å². The molecule has 2 rings (SSSR count). The molecular formula is C15H21ClN2O2. The third kappa shape index (κ3) is 3.92. The van der Waals surface area contributed by atoms with Crippen LogP contribution in [0.5, 0.6) is 0 Å². The lowest BCUT2D eigenvalue weighted by molar-refractivity contribution is -0.117. The number of carbonyl (C=O) groups excluding carboxylic acids is 2. The van der Waals surface area contributed by atoms with Crippen LogP contribution < -0.4 is 5.32 Å². The molecule has 1 saturated carbocycles. The van der Waals surface area contributed by atoms with Gasteiger partial charge >= 0.3 is 0 Å². The second-order valence-corrected chi connectivity index (χ2v) is 6.10. The molecule has 110 valence electrons. The van der Waals surface area contributed by atoms with Crippen LogP contribution in [0.25, 0.3) is 0 Å². The number of carbonyl (C=O) groups is 2. The zero-order valence-corrected chi connectivity index (χ0v) is 12.5.